The van der Waals surface area contributed by atoms with Gasteiger partial charge < -0.3 is 0 Å². The molecular weight excluding hydrogens is 272 g/mol. The Morgan fingerprint density at radius 2 is 0.286 bits per heavy atom. The van der Waals surface area contributed by atoms with Crippen LogP contribution in [0.25, 0.3) is 0 Å². The third-order valence-electron chi connectivity index (χ3n) is 0. The summed E-state index contributed by atoms with van der Waals surface area (Å²) in [7, 11) is 0. The van der Waals surface area contributed by atoms with Crippen LogP contribution in [0, 0.1) is 0 Å². The van der Waals surface area contributed by atoms with Crippen LogP contribution in [-0.2, 0) is 0 Å². The van der Waals surface area contributed by atoms with Crippen LogP contribution < -0.4 is 0 Å². The van der Waals surface area contributed by atoms with Crippen molar-refractivity contribution in [2.45, 2.75) is 0 Å². The van der Waals surface area contributed by atoms with Gasteiger partial charge in [0.05, 0.1) is 0 Å². The molecule has 0 nitrogen and oxygen atoms in total. The van der Waals surface area contributed by atoms with Crippen molar-refractivity contribution in [1.82, 2.24) is 0 Å². The Bertz CT molecular complexity index is 6.04. The Labute approximate surface area is 139 Å². The Hall–Kier alpha value is 4.58. The molecule has 0 fully saturated rings. The van der Waals surface area contributed by atoms with E-state index in [2.05, 4.69) is 0 Å². The molecule has 0 aliphatic heterocycles. The molecule has 0 saturated heterocycles. The average molecular weight is 272 g/mol. The Kier molecular flexibility index (Phi) is 408. The maximum Gasteiger partial charge on any atom is 0 e. The third kappa shape index (κ3) is 37.1. The molecule has 0 heterocycles. The van der Waals surface area contributed by atoms with Gasteiger partial charge in [-0.2, -0.15) is 0 Å². The van der Waals surface area contributed by atoms with Crippen molar-refractivity contribution >= 4 is 142 Å². The van der Waals surface area contributed by atoms with Crippen LogP contribution in [0.2, 0.25) is 0 Å². The molecule has 0 aliphatic rings. The summed E-state index contributed by atoms with van der Waals surface area (Å²) in [5, 5.41) is 0. The van der Waals surface area contributed by atoms with Gasteiger partial charge in [-0.1, -0.05) is 0 Å². The SMILES string of the molecule is [Li].[Li].[Li].[Li].[Li].[Sn].[Sn]. The van der Waals surface area contributed by atoms with Gasteiger partial charge in [0.1, 0.15) is 0 Å². The van der Waals surface area contributed by atoms with Crippen molar-refractivity contribution in [2.75, 3.05) is 0 Å². The van der Waals surface area contributed by atoms with Crippen LogP contribution in [0.4, 0.5) is 0 Å². The molecule has 7 heavy (non-hydrogen) atoms. The molecule has 13 radical (unpaired) electrons. The number of hydrogen-bond donors (Lipinski definition) is 0. The van der Waals surface area contributed by atoms with E-state index in [1.165, 1.54) is 0 Å². The molecule has 0 spiro atoms. The van der Waals surface area contributed by atoms with E-state index in [0.29, 0.717) is 0 Å². The summed E-state index contributed by atoms with van der Waals surface area (Å²) in [6.45, 7) is 0. The summed E-state index contributed by atoms with van der Waals surface area (Å²) < 4.78 is 0. The zero-order valence-electron chi connectivity index (χ0n) is 6.00. The first-order valence-electron chi connectivity index (χ1n) is 0. The van der Waals surface area contributed by atoms with Gasteiger partial charge in [-0.25, -0.2) is 0 Å². The average Bonchev–Trinajstić information content (AvgIpc) is 0. The molecule has 0 bridgehead atoms. The summed E-state index contributed by atoms with van der Waals surface area (Å²) in [6, 6.07) is 0. The van der Waals surface area contributed by atoms with Gasteiger partial charge in [0.15, 0.2) is 0 Å². The summed E-state index contributed by atoms with van der Waals surface area (Å²) in [6.07, 6.45) is 0. The first kappa shape index (κ1) is 61.8. The standard InChI is InChI=1S/5Li.2Sn. The van der Waals surface area contributed by atoms with E-state index in [1.54, 1.807) is 0 Å². The van der Waals surface area contributed by atoms with Gasteiger partial charge in [0, 0.05) is 142 Å². The molecule has 0 amide bonds. The predicted molar refractivity (Wildman–Crippen MR) is 40.3 cm³/mol. The van der Waals surface area contributed by atoms with E-state index < -0.39 is 0 Å². The van der Waals surface area contributed by atoms with E-state index in [9.17, 15) is 0 Å². The smallest absolute Gasteiger partial charge is 0 e. The molecule has 0 N–H and O–H groups in total. The Balaban J connectivity index is 0. The van der Waals surface area contributed by atoms with Crippen LogP contribution in [0.15, 0.2) is 0 Å². The molecular formula is Li5Sn2. The second kappa shape index (κ2) is 46.3. The number of hydrogen-bond acceptors (Lipinski definition) is 0. The van der Waals surface area contributed by atoms with Crippen LogP contribution in [0.1, 0.15) is 0 Å². The topological polar surface area (TPSA) is 0 Å². The van der Waals surface area contributed by atoms with E-state index in [-0.39, 0.29) is 142 Å². The number of rotatable bonds is 0. The van der Waals surface area contributed by atoms with Crippen molar-refractivity contribution in [1.29, 1.82) is 0 Å². The molecule has 0 aliphatic carbocycles. The molecule has 0 rings (SSSR count). The van der Waals surface area contributed by atoms with Gasteiger partial charge in [0.2, 0.25) is 0 Å². The van der Waals surface area contributed by atoms with Crippen molar-refractivity contribution < 1.29 is 0 Å². The van der Waals surface area contributed by atoms with Gasteiger partial charge in [-0.3, -0.25) is 0 Å². The van der Waals surface area contributed by atoms with E-state index in [1.807, 2.05) is 0 Å². The van der Waals surface area contributed by atoms with Crippen LogP contribution in [0.3, 0.4) is 0 Å². The molecule has 0 aromatic rings. The molecule has 0 aromatic carbocycles. The van der Waals surface area contributed by atoms with Crippen LogP contribution >= 0.6 is 0 Å². The predicted octanol–water partition coefficient (Wildman–Crippen LogP) is -2.67. The minimum absolute atomic E-state index is 0. The second-order valence-corrected chi connectivity index (χ2v) is 0. The van der Waals surface area contributed by atoms with E-state index >= 15 is 0 Å². The van der Waals surface area contributed by atoms with E-state index in [0.717, 1.165) is 0 Å². The van der Waals surface area contributed by atoms with Crippen LogP contribution in [0.5, 0.6) is 0 Å². The van der Waals surface area contributed by atoms with Crippen molar-refractivity contribution in [3.8, 4) is 0 Å². The third-order valence-corrected chi connectivity index (χ3v) is 0. The maximum absolute atomic E-state index is 0. The second-order valence-electron chi connectivity index (χ2n) is 0. The molecule has 0 unspecified atom stereocenters. The van der Waals surface area contributed by atoms with Gasteiger partial charge in [0.25, 0.3) is 0 Å². The zero-order valence-corrected chi connectivity index (χ0v) is 11.7. The van der Waals surface area contributed by atoms with Crippen LogP contribution in [-0.4, -0.2) is 142 Å². The van der Waals surface area contributed by atoms with Gasteiger partial charge in [-0.15, -0.1) is 0 Å². The van der Waals surface area contributed by atoms with Crippen molar-refractivity contribution in [3.63, 3.8) is 0 Å². The quantitative estimate of drug-likeness (QED) is 0.422. The summed E-state index contributed by atoms with van der Waals surface area (Å²) in [4.78, 5) is 0. The maximum atomic E-state index is 0. The molecule has 0 saturated carbocycles. The summed E-state index contributed by atoms with van der Waals surface area (Å²) in [5.74, 6) is 0. The first-order valence-corrected chi connectivity index (χ1v) is 0. The monoisotopic (exact) mass is 275 g/mol. The Morgan fingerprint density at radius 3 is 0.286 bits per heavy atom. The largest absolute Gasteiger partial charge is 0 e. The molecule has 7 heteroatoms. The molecule has 13 valence electrons. The zero-order chi connectivity index (χ0) is 0. The van der Waals surface area contributed by atoms with Gasteiger partial charge >= 0.3 is 0 Å². The fourth-order valence-electron chi connectivity index (χ4n) is 0. The molecule has 0 atom stereocenters. The summed E-state index contributed by atoms with van der Waals surface area (Å²) in [5.41, 5.74) is 0. The fourth-order valence-corrected chi connectivity index (χ4v) is 0. The summed E-state index contributed by atoms with van der Waals surface area (Å²) >= 11 is 0. The van der Waals surface area contributed by atoms with Crippen molar-refractivity contribution in [2.24, 2.45) is 0 Å². The van der Waals surface area contributed by atoms with Crippen molar-refractivity contribution in [3.05, 3.63) is 0 Å². The minimum Gasteiger partial charge on any atom is 0 e. The van der Waals surface area contributed by atoms with Gasteiger partial charge in [-0.05, 0) is 0 Å². The Morgan fingerprint density at radius 1 is 0.286 bits per heavy atom. The van der Waals surface area contributed by atoms with E-state index in [4.69, 9.17) is 0 Å². The normalized spacial score (nSPS) is 0. The fraction of sp³-hybridized carbons (Fsp3) is 0. The minimum atomic E-state index is 0. The molecule has 0 aromatic heterocycles. The first-order chi connectivity index (χ1) is 0.